The zero-order chi connectivity index (χ0) is 17.3. The van der Waals surface area contributed by atoms with Gasteiger partial charge in [-0.15, -0.1) is 0 Å². The number of hydrogen-bond donors (Lipinski definition) is 0. The van der Waals surface area contributed by atoms with E-state index >= 15 is 0 Å². The average molecular weight is 329 g/mol. The van der Waals surface area contributed by atoms with Crippen LogP contribution in [0.1, 0.15) is 24.0 Å². The van der Waals surface area contributed by atoms with Gasteiger partial charge in [-0.05, 0) is 25.5 Å². The number of aromatic nitrogens is 3. The lowest BCUT2D eigenvalue weighted by Gasteiger charge is -2.04. The van der Waals surface area contributed by atoms with Crippen LogP contribution in [0.3, 0.4) is 0 Å². The Morgan fingerprint density at radius 2 is 1.80 bits per heavy atom. The normalized spacial score (nSPS) is 9.96. The zero-order valence-electron chi connectivity index (χ0n) is 14.1. The monoisotopic (exact) mass is 329 g/mol. The second kappa shape index (κ2) is 8.60. The number of rotatable bonds is 5. The zero-order valence-corrected chi connectivity index (χ0v) is 14.1. The first-order valence-electron chi connectivity index (χ1n) is 8.25. The topological polar surface area (TPSA) is 47.9 Å². The fraction of sp³-hybridized carbons (Fsp3) is 0.190. The number of nitrogens with zero attached hydrogens (tertiary/aromatic N) is 3. The highest BCUT2D eigenvalue weighted by molar-refractivity contribution is 5.57. The van der Waals surface area contributed by atoms with Crippen molar-refractivity contribution in [3.63, 3.8) is 0 Å². The van der Waals surface area contributed by atoms with Crippen molar-refractivity contribution in [1.82, 2.24) is 15.2 Å². The maximum atomic E-state index is 5.58. The largest absolute Gasteiger partial charge is 0.462 e. The van der Waals surface area contributed by atoms with Crippen LogP contribution >= 0.6 is 0 Å². The van der Waals surface area contributed by atoms with Gasteiger partial charge in [-0.3, -0.25) is 0 Å². The van der Waals surface area contributed by atoms with Crippen LogP contribution < -0.4 is 4.74 Å². The molecule has 4 heteroatoms. The molecule has 0 radical (unpaired) electrons. The minimum Gasteiger partial charge on any atom is -0.462 e. The number of aryl methyl sites for hydroxylation is 1. The summed E-state index contributed by atoms with van der Waals surface area (Å²) in [5.74, 6) is 6.31. The smallest absolute Gasteiger partial charge is 0.336 e. The van der Waals surface area contributed by atoms with E-state index in [9.17, 15) is 0 Å². The van der Waals surface area contributed by atoms with Crippen molar-refractivity contribution in [2.75, 3.05) is 6.61 Å². The van der Waals surface area contributed by atoms with Crippen molar-refractivity contribution in [1.29, 1.82) is 0 Å². The molecule has 0 saturated carbocycles. The molecule has 0 spiro atoms. The van der Waals surface area contributed by atoms with Crippen LogP contribution in [-0.4, -0.2) is 21.8 Å². The standard InChI is InChI=1S/C21H19N3O/c1-17-11-13-18(14-12-17)8-4-3-7-15-25-21-23-20(16-22-24-21)19-9-5-2-6-10-19/h2,5-6,9-14,16H,3,7,15H2,1H3. The van der Waals surface area contributed by atoms with Crippen LogP contribution in [0.5, 0.6) is 6.01 Å². The van der Waals surface area contributed by atoms with Crippen molar-refractivity contribution in [3.05, 3.63) is 71.9 Å². The third-order valence-corrected chi connectivity index (χ3v) is 3.57. The molecular formula is C21H19N3O. The number of hydrogen-bond acceptors (Lipinski definition) is 4. The van der Waals surface area contributed by atoms with Crippen molar-refractivity contribution in [2.45, 2.75) is 19.8 Å². The van der Waals surface area contributed by atoms with E-state index in [2.05, 4.69) is 46.1 Å². The maximum absolute atomic E-state index is 5.58. The van der Waals surface area contributed by atoms with Gasteiger partial charge in [0.25, 0.3) is 0 Å². The molecule has 0 saturated heterocycles. The lowest BCUT2D eigenvalue weighted by molar-refractivity contribution is 0.284. The van der Waals surface area contributed by atoms with Gasteiger partial charge in [0.2, 0.25) is 0 Å². The quantitative estimate of drug-likeness (QED) is 0.523. The van der Waals surface area contributed by atoms with E-state index in [0.717, 1.165) is 29.7 Å². The SMILES string of the molecule is Cc1ccc(C#CCCCOc2nncc(-c3ccccc3)n2)cc1. The first kappa shape index (κ1) is 16.7. The Morgan fingerprint density at radius 1 is 1.00 bits per heavy atom. The predicted molar refractivity (Wildman–Crippen MR) is 98.0 cm³/mol. The third-order valence-electron chi connectivity index (χ3n) is 3.57. The highest BCUT2D eigenvalue weighted by Crippen LogP contribution is 2.16. The molecule has 25 heavy (non-hydrogen) atoms. The van der Waals surface area contributed by atoms with Crippen LogP contribution in [0, 0.1) is 18.8 Å². The third kappa shape index (κ3) is 5.15. The van der Waals surface area contributed by atoms with Gasteiger partial charge in [0, 0.05) is 17.5 Å². The van der Waals surface area contributed by atoms with Crippen LogP contribution in [0.15, 0.2) is 60.8 Å². The molecule has 0 aliphatic carbocycles. The summed E-state index contributed by atoms with van der Waals surface area (Å²) in [7, 11) is 0. The van der Waals surface area contributed by atoms with Gasteiger partial charge < -0.3 is 4.74 Å². The van der Waals surface area contributed by atoms with E-state index in [1.165, 1.54) is 5.56 Å². The number of benzene rings is 2. The summed E-state index contributed by atoms with van der Waals surface area (Å²) in [5.41, 5.74) is 4.02. The van der Waals surface area contributed by atoms with Gasteiger partial charge in [0.05, 0.1) is 18.5 Å². The van der Waals surface area contributed by atoms with Crippen molar-refractivity contribution >= 4 is 0 Å². The van der Waals surface area contributed by atoms with Crippen LogP contribution in [-0.2, 0) is 0 Å². The van der Waals surface area contributed by atoms with E-state index in [0.29, 0.717) is 12.6 Å². The summed E-state index contributed by atoms with van der Waals surface area (Å²) in [6.45, 7) is 2.58. The molecule has 0 aliphatic rings. The van der Waals surface area contributed by atoms with Gasteiger partial charge in [-0.1, -0.05) is 65.0 Å². The summed E-state index contributed by atoms with van der Waals surface area (Å²) in [4.78, 5) is 4.38. The summed E-state index contributed by atoms with van der Waals surface area (Å²) in [5, 5.41) is 7.88. The van der Waals surface area contributed by atoms with E-state index in [4.69, 9.17) is 4.74 Å². The first-order valence-corrected chi connectivity index (χ1v) is 8.25. The van der Waals surface area contributed by atoms with Gasteiger partial charge in [-0.2, -0.15) is 10.1 Å². The molecule has 0 fully saturated rings. The highest BCUT2D eigenvalue weighted by atomic mass is 16.5. The van der Waals surface area contributed by atoms with E-state index in [1.54, 1.807) is 6.20 Å². The molecule has 0 bridgehead atoms. The molecular weight excluding hydrogens is 310 g/mol. The molecule has 3 rings (SSSR count). The van der Waals surface area contributed by atoms with Gasteiger partial charge in [0.15, 0.2) is 0 Å². The molecule has 0 unspecified atom stereocenters. The first-order chi connectivity index (χ1) is 12.3. The van der Waals surface area contributed by atoms with Crippen molar-refractivity contribution < 1.29 is 4.74 Å². The van der Waals surface area contributed by atoms with Crippen LogP contribution in [0.4, 0.5) is 0 Å². The summed E-state index contributed by atoms with van der Waals surface area (Å²) < 4.78 is 5.58. The summed E-state index contributed by atoms with van der Waals surface area (Å²) in [6, 6.07) is 18.4. The summed E-state index contributed by atoms with van der Waals surface area (Å²) in [6.07, 6.45) is 3.21. The Bertz CT molecular complexity index is 865. The molecule has 0 atom stereocenters. The fourth-order valence-electron chi connectivity index (χ4n) is 2.22. The second-order valence-electron chi connectivity index (χ2n) is 5.61. The minimum atomic E-state index is 0.299. The van der Waals surface area contributed by atoms with Gasteiger partial charge in [-0.25, -0.2) is 0 Å². The lowest BCUT2D eigenvalue weighted by Crippen LogP contribution is -2.02. The highest BCUT2D eigenvalue weighted by Gasteiger charge is 2.03. The Hall–Kier alpha value is -3.19. The molecule has 3 aromatic rings. The molecule has 4 nitrogen and oxygen atoms in total. The maximum Gasteiger partial charge on any atom is 0.336 e. The predicted octanol–water partition coefficient (Wildman–Crippen LogP) is 4.06. The number of unbranched alkanes of at least 4 members (excludes halogenated alkanes) is 1. The van der Waals surface area contributed by atoms with E-state index < -0.39 is 0 Å². The van der Waals surface area contributed by atoms with Crippen LogP contribution in [0.2, 0.25) is 0 Å². The Morgan fingerprint density at radius 3 is 2.60 bits per heavy atom. The molecule has 1 heterocycles. The molecule has 124 valence electrons. The minimum absolute atomic E-state index is 0.299. The van der Waals surface area contributed by atoms with Crippen molar-refractivity contribution in [3.8, 4) is 29.1 Å². The average Bonchev–Trinajstić information content (AvgIpc) is 2.67. The fourth-order valence-corrected chi connectivity index (χ4v) is 2.22. The number of ether oxygens (including phenoxy) is 1. The van der Waals surface area contributed by atoms with E-state index in [-0.39, 0.29) is 0 Å². The Kier molecular flexibility index (Phi) is 5.73. The van der Waals surface area contributed by atoms with Gasteiger partial charge >= 0.3 is 6.01 Å². The van der Waals surface area contributed by atoms with Crippen molar-refractivity contribution in [2.24, 2.45) is 0 Å². The molecule has 0 N–H and O–H groups in total. The van der Waals surface area contributed by atoms with Gasteiger partial charge in [0.1, 0.15) is 0 Å². The van der Waals surface area contributed by atoms with Crippen LogP contribution in [0.25, 0.3) is 11.3 Å². The molecule has 2 aromatic carbocycles. The summed E-state index contributed by atoms with van der Waals surface area (Å²) >= 11 is 0. The Balaban J connectivity index is 1.47. The molecule has 1 aromatic heterocycles. The second-order valence-corrected chi connectivity index (χ2v) is 5.61. The lowest BCUT2D eigenvalue weighted by atomic mass is 10.1. The Labute approximate surface area is 147 Å². The molecule has 0 amide bonds. The molecule has 0 aliphatic heterocycles. The van der Waals surface area contributed by atoms with E-state index in [1.807, 2.05) is 42.5 Å².